The van der Waals surface area contributed by atoms with E-state index in [9.17, 15) is 0 Å². The van der Waals surface area contributed by atoms with E-state index in [2.05, 4.69) is 22.1 Å². The van der Waals surface area contributed by atoms with Crippen molar-refractivity contribution in [1.29, 1.82) is 0 Å². The van der Waals surface area contributed by atoms with Gasteiger partial charge in [-0.05, 0) is 20.3 Å². The van der Waals surface area contributed by atoms with Gasteiger partial charge in [0.25, 0.3) is 0 Å². The molecule has 0 aromatic rings. The lowest BCUT2D eigenvalue weighted by molar-refractivity contribution is 0.114. The fourth-order valence-electron chi connectivity index (χ4n) is 2.03. The molecule has 0 radical (unpaired) electrons. The van der Waals surface area contributed by atoms with Crippen molar-refractivity contribution >= 4 is 29.9 Å². The monoisotopic (exact) mass is 371 g/mol. The van der Waals surface area contributed by atoms with E-state index >= 15 is 0 Å². The molecule has 1 saturated heterocycles. The number of rotatable bonds is 6. The summed E-state index contributed by atoms with van der Waals surface area (Å²) in [5.74, 6) is 1.52. The maximum atomic E-state index is 8.82. The summed E-state index contributed by atoms with van der Waals surface area (Å²) in [4.78, 5) is 6.62. The molecule has 5 nitrogen and oxygen atoms in total. The third-order valence-electron chi connectivity index (χ3n) is 2.84. The molecule has 1 atom stereocenters. The summed E-state index contributed by atoms with van der Waals surface area (Å²) in [6.07, 6.45) is 1.16. The highest BCUT2D eigenvalue weighted by Crippen LogP contribution is 2.16. The first-order valence-corrected chi connectivity index (χ1v) is 6.53. The van der Waals surface area contributed by atoms with Crippen molar-refractivity contribution in [3.8, 4) is 0 Å². The Bertz CT molecular complexity index is 239. The molecule has 1 heterocycles. The largest absolute Gasteiger partial charge is 0.394 e. The summed E-state index contributed by atoms with van der Waals surface area (Å²) < 4.78 is 5.46. The van der Waals surface area contributed by atoms with Crippen LogP contribution >= 0.6 is 24.0 Å². The third-order valence-corrected chi connectivity index (χ3v) is 2.84. The topological polar surface area (TPSA) is 57.1 Å². The van der Waals surface area contributed by atoms with Crippen LogP contribution in [0.4, 0.5) is 0 Å². The van der Waals surface area contributed by atoms with Crippen LogP contribution in [0.15, 0.2) is 4.99 Å². The first kappa shape index (κ1) is 17.9. The Hall–Kier alpha value is -0.0800. The number of nitrogens with one attached hydrogen (secondary N) is 1. The predicted octanol–water partition coefficient (Wildman–Crippen LogP) is 0.921. The van der Waals surface area contributed by atoms with E-state index in [4.69, 9.17) is 9.84 Å². The van der Waals surface area contributed by atoms with Crippen LogP contribution in [0.3, 0.4) is 0 Å². The number of aliphatic imine (C=N–C) groups is 1. The molecular weight excluding hydrogens is 345 g/mol. The molecule has 0 bridgehead atoms. The lowest BCUT2D eigenvalue weighted by atomic mass is 10.1. The lowest BCUT2D eigenvalue weighted by Gasteiger charge is -2.21. The van der Waals surface area contributed by atoms with Crippen molar-refractivity contribution < 1.29 is 9.84 Å². The summed E-state index contributed by atoms with van der Waals surface area (Å²) in [5.41, 5.74) is 0. The van der Waals surface area contributed by atoms with Crippen LogP contribution in [0, 0.1) is 5.92 Å². The first-order chi connectivity index (χ1) is 8.31. The Morgan fingerprint density at radius 2 is 2.28 bits per heavy atom. The molecule has 108 valence electrons. The van der Waals surface area contributed by atoms with Crippen LogP contribution in [0.5, 0.6) is 0 Å². The number of likely N-dealkylation sites (tertiary alicyclic amines) is 1. The standard InChI is InChI=1S/C12H25N3O2.HI/c1-3-13-12(14-6-8-16)15-7-5-11(9-15)10-17-4-2;/h11,16H,3-10H2,1-2H3,(H,13,14);1H. The molecule has 0 spiro atoms. The zero-order chi connectivity index (χ0) is 12.5. The van der Waals surface area contributed by atoms with Crippen molar-refractivity contribution in [1.82, 2.24) is 10.2 Å². The van der Waals surface area contributed by atoms with Crippen molar-refractivity contribution in [3.63, 3.8) is 0 Å². The number of nitrogens with zero attached hydrogens (tertiary/aromatic N) is 2. The number of hydrogen-bond donors (Lipinski definition) is 2. The smallest absolute Gasteiger partial charge is 0.194 e. The van der Waals surface area contributed by atoms with Gasteiger partial charge >= 0.3 is 0 Å². The van der Waals surface area contributed by atoms with Crippen molar-refractivity contribution in [3.05, 3.63) is 0 Å². The van der Waals surface area contributed by atoms with Gasteiger partial charge in [0.2, 0.25) is 0 Å². The molecule has 0 saturated carbocycles. The van der Waals surface area contributed by atoms with E-state index in [1.54, 1.807) is 0 Å². The minimum absolute atomic E-state index is 0. The van der Waals surface area contributed by atoms with Crippen LogP contribution in [0.2, 0.25) is 0 Å². The summed E-state index contributed by atoms with van der Waals surface area (Å²) in [6, 6.07) is 0. The Labute approximate surface area is 127 Å². The van der Waals surface area contributed by atoms with E-state index in [0.717, 1.165) is 45.2 Å². The molecule has 0 aromatic heterocycles. The highest BCUT2D eigenvalue weighted by atomic mass is 127. The van der Waals surface area contributed by atoms with Crippen LogP contribution in [0.25, 0.3) is 0 Å². The number of halogens is 1. The lowest BCUT2D eigenvalue weighted by Crippen LogP contribution is -2.40. The van der Waals surface area contributed by atoms with Crippen LogP contribution in [-0.2, 0) is 4.74 Å². The van der Waals surface area contributed by atoms with Crippen LogP contribution < -0.4 is 5.32 Å². The fraction of sp³-hybridized carbons (Fsp3) is 0.917. The van der Waals surface area contributed by atoms with Crippen molar-refractivity contribution in [2.45, 2.75) is 20.3 Å². The Morgan fingerprint density at radius 3 is 2.89 bits per heavy atom. The van der Waals surface area contributed by atoms with E-state index in [1.807, 2.05) is 6.92 Å². The van der Waals surface area contributed by atoms with E-state index < -0.39 is 0 Å². The van der Waals surface area contributed by atoms with Gasteiger partial charge < -0.3 is 20.1 Å². The molecule has 0 amide bonds. The molecule has 18 heavy (non-hydrogen) atoms. The number of hydrogen-bond acceptors (Lipinski definition) is 3. The van der Waals surface area contributed by atoms with E-state index in [-0.39, 0.29) is 30.6 Å². The molecule has 1 aliphatic heterocycles. The minimum atomic E-state index is 0. The second kappa shape index (κ2) is 10.8. The number of guanidine groups is 1. The number of aliphatic hydroxyl groups excluding tert-OH is 1. The summed E-state index contributed by atoms with van der Waals surface area (Å²) in [7, 11) is 0. The zero-order valence-electron chi connectivity index (χ0n) is 11.4. The molecule has 1 rings (SSSR count). The molecule has 1 aliphatic rings. The molecule has 0 aliphatic carbocycles. The Morgan fingerprint density at radius 1 is 1.50 bits per heavy atom. The number of ether oxygens (including phenoxy) is 1. The normalized spacial score (nSPS) is 19.8. The van der Waals surface area contributed by atoms with Gasteiger partial charge in [-0.1, -0.05) is 0 Å². The molecule has 6 heteroatoms. The molecule has 2 N–H and O–H groups in total. The average Bonchev–Trinajstić information content (AvgIpc) is 2.80. The maximum absolute atomic E-state index is 8.82. The van der Waals surface area contributed by atoms with Crippen molar-refractivity contribution in [2.24, 2.45) is 10.9 Å². The van der Waals surface area contributed by atoms with Gasteiger partial charge in [0, 0.05) is 32.2 Å². The summed E-state index contributed by atoms with van der Waals surface area (Å²) in [5, 5.41) is 12.1. The third kappa shape index (κ3) is 6.19. The van der Waals surface area contributed by atoms with Gasteiger partial charge in [-0.2, -0.15) is 0 Å². The summed E-state index contributed by atoms with van der Waals surface area (Å²) >= 11 is 0. The zero-order valence-corrected chi connectivity index (χ0v) is 13.7. The van der Waals surface area contributed by atoms with Gasteiger partial charge in [0.1, 0.15) is 0 Å². The van der Waals surface area contributed by atoms with Crippen molar-refractivity contribution in [2.75, 3.05) is 46.0 Å². The van der Waals surface area contributed by atoms with Gasteiger partial charge in [-0.15, -0.1) is 24.0 Å². The maximum Gasteiger partial charge on any atom is 0.194 e. The van der Waals surface area contributed by atoms with E-state index in [1.165, 1.54) is 0 Å². The SMILES string of the molecule is CCNC(=NCCO)N1CCC(COCC)C1.I. The van der Waals surface area contributed by atoms with Gasteiger partial charge in [-0.3, -0.25) is 4.99 Å². The van der Waals surface area contributed by atoms with E-state index in [0.29, 0.717) is 12.5 Å². The molecule has 1 fully saturated rings. The Kier molecular flexibility index (Phi) is 10.8. The van der Waals surface area contributed by atoms with Gasteiger partial charge in [-0.25, -0.2) is 0 Å². The fourth-order valence-corrected chi connectivity index (χ4v) is 2.03. The Balaban J connectivity index is 0.00000289. The van der Waals surface area contributed by atoms with Gasteiger partial charge in [0.05, 0.1) is 19.8 Å². The molecule has 0 aromatic carbocycles. The second-order valence-electron chi connectivity index (χ2n) is 4.22. The average molecular weight is 371 g/mol. The van der Waals surface area contributed by atoms with Gasteiger partial charge in [0.15, 0.2) is 5.96 Å². The van der Waals surface area contributed by atoms with Crippen LogP contribution in [0.1, 0.15) is 20.3 Å². The molecule has 1 unspecified atom stereocenters. The highest BCUT2D eigenvalue weighted by molar-refractivity contribution is 14.0. The molecular formula is C12H26IN3O2. The van der Waals surface area contributed by atoms with Crippen LogP contribution in [-0.4, -0.2) is 62.0 Å². The quantitative estimate of drug-likeness (QED) is 0.414. The summed E-state index contributed by atoms with van der Waals surface area (Å²) in [6.45, 7) is 9.16. The first-order valence-electron chi connectivity index (χ1n) is 6.53. The second-order valence-corrected chi connectivity index (χ2v) is 4.22. The highest BCUT2D eigenvalue weighted by Gasteiger charge is 2.24. The predicted molar refractivity (Wildman–Crippen MR) is 84.7 cm³/mol. The minimum Gasteiger partial charge on any atom is -0.394 e. The number of aliphatic hydroxyl groups is 1.